The number of carbonyl (C=O) groups is 3. The largest absolute Gasteiger partial charge is 0.481 e. The van der Waals surface area contributed by atoms with Crippen LogP contribution in [0.2, 0.25) is 0 Å². The van der Waals surface area contributed by atoms with Crippen LogP contribution in [0.3, 0.4) is 0 Å². The van der Waals surface area contributed by atoms with Gasteiger partial charge < -0.3 is 19.6 Å². The Morgan fingerprint density at radius 2 is 2.09 bits per heavy atom. The number of hydrogen-bond acceptors (Lipinski definition) is 4. The molecule has 2 atom stereocenters. The van der Waals surface area contributed by atoms with Crippen LogP contribution in [0.1, 0.15) is 32.6 Å². The Morgan fingerprint density at radius 3 is 2.70 bits per heavy atom. The van der Waals surface area contributed by atoms with Crippen LogP contribution in [0.5, 0.6) is 0 Å². The van der Waals surface area contributed by atoms with Crippen molar-refractivity contribution in [2.24, 2.45) is 11.3 Å². The van der Waals surface area contributed by atoms with Crippen LogP contribution in [0.25, 0.3) is 0 Å². The summed E-state index contributed by atoms with van der Waals surface area (Å²) in [6.07, 6.45) is 2.89. The maximum absolute atomic E-state index is 12.6. The minimum Gasteiger partial charge on any atom is -0.481 e. The fourth-order valence-electron chi connectivity index (χ4n) is 3.34. The lowest BCUT2D eigenvalue weighted by Gasteiger charge is -2.36. The lowest BCUT2D eigenvalue weighted by molar-refractivity contribution is -0.153. The predicted octanol–water partition coefficient (Wildman–Crippen LogP) is 0.585. The second kappa shape index (κ2) is 7.29. The van der Waals surface area contributed by atoms with Crippen molar-refractivity contribution in [3.05, 3.63) is 0 Å². The Hall–Kier alpha value is -1.63. The number of likely N-dealkylation sites (tertiary alicyclic amines) is 1. The van der Waals surface area contributed by atoms with Crippen molar-refractivity contribution in [3.8, 4) is 0 Å². The van der Waals surface area contributed by atoms with Gasteiger partial charge in [-0.25, -0.2) is 0 Å². The molecule has 0 aromatic rings. The molecule has 0 radical (unpaired) electrons. The molecule has 0 bridgehead atoms. The van der Waals surface area contributed by atoms with Crippen molar-refractivity contribution in [2.45, 2.75) is 32.6 Å². The number of ether oxygens (including phenoxy) is 1. The first-order chi connectivity index (χ1) is 10.8. The van der Waals surface area contributed by atoms with Gasteiger partial charge >= 0.3 is 5.97 Å². The second-order valence-electron chi connectivity index (χ2n) is 6.90. The summed E-state index contributed by atoms with van der Waals surface area (Å²) in [5.41, 5.74) is -0.571. The van der Waals surface area contributed by atoms with E-state index in [0.29, 0.717) is 32.6 Å². The first kappa shape index (κ1) is 17.7. The summed E-state index contributed by atoms with van der Waals surface area (Å²) in [6.45, 7) is 3.71. The van der Waals surface area contributed by atoms with Crippen LogP contribution < -0.4 is 0 Å². The number of carboxylic acid groups (broad SMARTS) is 1. The fourth-order valence-corrected chi connectivity index (χ4v) is 3.34. The van der Waals surface area contributed by atoms with Gasteiger partial charge in [-0.3, -0.25) is 14.4 Å². The molecule has 0 aromatic heterocycles. The van der Waals surface area contributed by atoms with E-state index in [4.69, 9.17) is 9.84 Å². The van der Waals surface area contributed by atoms with Crippen molar-refractivity contribution in [2.75, 3.05) is 39.9 Å². The molecule has 2 fully saturated rings. The van der Waals surface area contributed by atoms with Crippen LogP contribution in [-0.4, -0.2) is 72.6 Å². The molecule has 2 rings (SSSR count). The summed E-state index contributed by atoms with van der Waals surface area (Å²) >= 11 is 0. The molecule has 130 valence electrons. The molecule has 0 spiro atoms. The molecule has 7 nitrogen and oxygen atoms in total. The van der Waals surface area contributed by atoms with Crippen molar-refractivity contribution < 1.29 is 24.2 Å². The van der Waals surface area contributed by atoms with Gasteiger partial charge in [0.1, 0.15) is 0 Å². The monoisotopic (exact) mass is 326 g/mol. The van der Waals surface area contributed by atoms with Crippen molar-refractivity contribution in [3.63, 3.8) is 0 Å². The van der Waals surface area contributed by atoms with E-state index in [-0.39, 0.29) is 24.9 Å². The van der Waals surface area contributed by atoms with E-state index in [9.17, 15) is 14.4 Å². The molecule has 2 saturated heterocycles. The van der Waals surface area contributed by atoms with E-state index < -0.39 is 17.3 Å². The summed E-state index contributed by atoms with van der Waals surface area (Å²) in [7, 11) is 1.62. The maximum Gasteiger partial charge on any atom is 0.308 e. The summed E-state index contributed by atoms with van der Waals surface area (Å²) in [5, 5.41) is 9.10. The molecular weight excluding hydrogens is 300 g/mol. The molecule has 0 aliphatic carbocycles. The summed E-state index contributed by atoms with van der Waals surface area (Å²) in [4.78, 5) is 39.1. The number of rotatable bonds is 4. The Bertz CT molecular complexity index is 473. The molecule has 2 aliphatic rings. The van der Waals surface area contributed by atoms with E-state index in [1.54, 1.807) is 11.9 Å². The van der Waals surface area contributed by atoms with Gasteiger partial charge in [0.15, 0.2) is 0 Å². The number of amides is 2. The molecular formula is C16H26N2O5. The fraction of sp³-hybridized carbons (Fsp3) is 0.812. The van der Waals surface area contributed by atoms with Crippen molar-refractivity contribution in [1.29, 1.82) is 0 Å². The molecule has 2 unspecified atom stereocenters. The highest BCUT2D eigenvalue weighted by atomic mass is 16.5. The lowest BCUT2D eigenvalue weighted by Crippen LogP contribution is -2.50. The molecule has 23 heavy (non-hydrogen) atoms. The van der Waals surface area contributed by atoms with Gasteiger partial charge in [0.25, 0.3) is 0 Å². The zero-order valence-electron chi connectivity index (χ0n) is 13.9. The first-order valence-electron chi connectivity index (χ1n) is 8.17. The third-order valence-corrected chi connectivity index (χ3v) is 4.80. The average molecular weight is 326 g/mol. The summed E-state index contributed by atoms with van der Waals surface area (Å²) in [6, 6.07) is 0. The van der Waals surface area contributed by atoms with Gasteiger partial charge in [0.2, 0.25) is 11.8 Å². The minimum absolute atomic E-state index is 0.0131. The molecule has 2 heterocycles. The number of nitrogens with zero attached hydrogens (tertiary/aromatic N) is 2. The number of likely N-dealkylation sites (N-methyl/N-ethyl adjacent to an activating group) is 1. The van der Waals surface area contributed by atoms with Crippen LogP contribution in [0.4, 0.5) is 0 Å². The summed E-state index contributed by atoms with van der Waals surface area (Å²) in [5.74, 6) is -1.64. The number of aliphatic carboxylic acids is 1. The molecule has 1 N–H and O–H groups in total. The Balaban J connectivity index is 1.91. The average Bonchev–Trinajstić information content (AvgIpc) is 2.54. The molecule has 0 aromatic carbocycles. The molecule has 7 heteroatoms. The van der Waals surface area contributed by atoms with Gasteiger partial charge in [-0.15, -0.1) is 0 Å². The zero-order valence-corrected chi connectivity index (χ0v) is 13.9. The number of piperidine rings is 1. The van der Waals surface area contributed by atoms with Gasteiger partial charge in [-0.1, -0.05) is 0 Å². The second-order valence-corrected chi connectivity index (χ2v) is 6.90. The summed E-state index contributed by atoms with van der Waals surface area (Å²) < 4.78 is 5.41. The Kier molecular flexibility index (Phi) is 5.62. The van der Waals surface area contributed by atoms with Gasteiger partial charge in [0, 0.05) is 26.7 Å². The van der Waals surface area contributed by atoms with E-state index in [0.717, 1.165) is 12.8 Å². The van der Waals surface area contributed by atoms with Gasteiger partial charge in [-0.05, 0) is 32.6 Å². The van der Waals surface area contributed by atoms with Gasteiger partial charge in [0.05, 0.1) is 24.5 Å². The minimum atomic E-state index is -0.862. The van der Waals surface area contributed by atoms with Crippen molar-refractivity contribution >= 4 is 17.8 Å². The molecule has 0 saturated carbocycles. The van der Waals surface area contributed by atoms with E-state index in [1.165, 1.54) is 4.90 Å². The van der Waals surface area contributed by atoms with Gasteiger partial charge in [-0.2, -0.15) is 0 Å². The maximum atomic E-state index is 12.6. The van der Waals surface area contributed by atoms with E-state index in [1.807, 2.05) is 6.92 Å². The topological polar surface area (TPSA) is 87.2 Å². The van der Waals surface area contributed by atoms with Crippen molar-refractivity contribution in [1.82, 2.24) is 9.80 Å². The number of carbonyl (C=O) groups excluding carboxylic acids is 2. The third-order valence-electron chi connectivity index (χ3n) is 4.80. The highest BCUT2D eigenvalue weighted by Crippen LogP contribution is 2.30. The third kappa shape index (κ3) is 4.22. The Morgan fingerprint density at radius 1 is 1.35 bits per heavy atom. The predicted molar refractivity (Wildman–Crippen MR) is 82.7 cm³/mol. The SMILES string of the molecule is CN(CC(=O)N1CCCC(C(=O)O)C1)C(=O)C1(C)CCCOC1. The highest BCUT2D eigenvalue weighted by Gasteiger charge is 2.38. The lowest BCUT2D eigenvalue weighted by atomic mass is 9.83. The van der Waals surface area contributed by atoms with Crippen LogP contribution in [0, 0.1) is 11.3 Å². The van der Waals surface area contributed by atoms with E-state index >= 15 is 0 Å². The van der Waals surface area contributed by atoms with Crippen LogP contribution >= 0.6 is 0 Å². The molecule has 2 aliphatic heterocycles. The standard InChI is InChI=1S/C16H26N2O5/c1-16(6-4-8-23-11-16)15(22)17(2)10-13(19)18-7-3-5-12(9-18)14(20)21/h12H,3-11H2,1-2H3,(H,20,21). The zero-order chi connectivity index (χ0) is 17.0. The number of carboxylic acids is 1. The Labute approximate surface area is 136 Å². The van der Waals surface area contributed by atoms with Crippen LogP contribution in [0.15, 0.2) is 0 Å². The first-order valence-corrected chi connectivity index (χ1v) is 8.17. The smallest absolute Gasteiger partial charge is 0.308 e. The van der Waals surface area contributed by atoms with Crippen LogP contribution in [-0.2, 0) is 19.1 Å². The number of hydrogen-bond donors (Lipinski definition) is 1. The van der Waals surface area contributed by atoms with E-state index in [2.05, 4.69) is 0 Å². The highest BCUT2D eigenvalue weighted by molar-refractivity contribution is 5.88. The molecule has 2 amide bonds. The normalized spacial score (nSPS) is 28.3. The quantitative estimate of drug-likeness (QED) is 0.817.